The van der Waals surface area contributed by atoms with Gasteiger partial charge in [-0.05, 0) is 6.07 Å². The Morgan fingerprint density at radius 2 is 2.25 bits per heavy atom. The first kappa shape index (κ1) is 8.80. The number of hydrogen-bond donors (Lipinski definition) is 1. The zero-order chi connectivity index (χ0) is 9.30. The molecular formula is C7H6ClNO3. The molecule has 0 aromatic carbocycles. The van der Waals surface area contributed by atoms with E-state index in [2.05, 4.69) is 0 Å². The predicted molar refractivity (Wildman–Crippen MR) is 43.7 cm³/mol. The Morgan fingerprint density at radius 3 is 2.67 bits per heavy atom. The fraction of sp³-hybridized carbons (Fsp3) is 0.143. The van der Waals surface area contributed by atoms with E-state index in [9.17, 15) is 9.59 Å². The molecule has 1 N–H and O–H groups in total. The first-order valence-corrected chi connectivity index (χ1v) is 3.49. The minimum atomic E-state index is -1.10. The number of carboxylic acids is 1. The number of hydrogen-bond acceptors (Lipinski definition) is 2. The number of aromatic nitrogens is 1. The third kappa shape index (κ3) is 1.48. The number of nitrogens with zero attached hydrogens (tertiary/aromatic N) is 1. The molecule has 4 nitrogen and oxygen atoms in total. The minimum absolute atomic E-state index is 0.00194. The van der Waals surface area contributed by atoms with Crippen LogP contribution >= 0.6 is 11.6 Å². The van der Waals surface area contributed by atoms with Crippen molar-refractivity contribution >= 4 is 17.6 Å². The first-order chi connectivity index (χ1) is 5.52. The van der Waals surface area contributed by atoms with E-state index >= 15 is 0 Å². The summed E-state index contributed by atoms with van der Waals surface area (Å²) in [6.07, 6.45) is 1.22. The second kappa shape index (κ2) is 2.98. The minimum Gasteiger partial charge on any atom is -0.478 e. The molecule has 0 saturated carbocycles. The van der Waals surface area contributed by atoms with Gasteiger partial charge in [-0.2, -0.15) is 0 Å². The fourth-order valence-corrected chi connectivity index (χ4v) is 1.04. The van der Waals surface area contributed by atoms with Crippen LogP contribution in [0.3, 0.4) is 0 Å². The van der Waals surface area contributed by atoms with Gasteiger partial charge < -0.3 is 9.67 Å². The Kier molecular flexibility index (Phi) is 2.19. The van der Waals surface area contributed by atoms with Crippen LogP contribution in [0.25, 0.3) is 0 Å². The van der Waals surface area contributed by atoms with Crippen LogP contribution < -0.4 is 5.56 Å². The lowest BCUT2D eigenvalue weighted by Gasteiger charge is -1.99. The lowest BCUT2D eigenvalue weighted by molar-refractivity contribution is 0.0696. The van der Waals surface area contributed by atoms with Crippen molar-refractivity contribution in [3.05, 3.63) is 33.2 Å². The van der Waals surface area contributed by atoms with Gasteiger partial charge >= 0.3 is 5.97 Å². The fourth-order valence-electron chi connectivity index (χ4n) is 0.788. The topological polar surface area (TPSA) is 59.3 Å². The van der Waals surface area contributed by atoms with Crippen LogP contribution in [0.15, 0.2) is 17.1 Å². The SMILES string of the molecule is Cn1cc(C(=O)O)cc(Cl)c1=O. The number of halogens is 1. The van der Waals surface area contributed by atoms with Crippen molar-refractivity contribution in [3.8, 4) is 0 Å². The largest absolute Gasteiger partial charge is 0.478 e. The molecule has 0 radical (unpaired) electrons. The van der Waals surface area contributed by atoms with E-state index in [1.54, 1.807) is 0 Å². The van der Waals surface area contributed by atoms with Gasteiger partial charge in [-0.25, -0.2) is 4.79 Å². The summed E-state index contributed by atoms with van der Waals surface area (Å²) >= 11 is 5.47. The number of carbonyl (C=O) groups is 1. The smallest absolute Gasteiger partial charge is 0.337 e. The summed E-state index contributed by atoms with van der Waals surface area (Å²) in [6, 6.07) is 1.13. The molecule has 0 aliphatic carbocycles. The molecule has 5 heteroatoms. The average molecular weight is 188 g/mol. The van der Waals surface area contributed by atoms with Gasteiger partial charge in [0.25, 0.3) is 5.56 Å². The molecule has 1 aromatic heterocycles. The Bertz CT molecular complexity index is 356. The second-order valence-electron chi connectivity index (χ2n) is 2.30. The Labute approximate surface area is 73.0 Å². The molecule has 0 amide bonds. The number of aromatic carboxylic acids is 1. The molecule has 0 bridgehead atoms. The van der Waals surface area contributed by atoms with E-state index in [0.717, 1.165) is 10.6 Å². The maximum absolute atomic E-state index is 11.0. The summed E-state index contributed by atoms with van der Waals surface area (Å²) in [4.78, 5) is 21.4. The predicted octanol–water partition coefficient (Wildman–Crippen LogP) is 0.737. The molecule has 0 saturated heterocycles. The molecule has 0 aliphatic heterocycles. The summed E-state index contributed by atoms with van der Waals surface area (Å²) in [5, 5.41) is 8.46. The van der Waals surface area contributed by atoms with Crippen molar-refractivity contribution in [2.24, 2.45) is 7.05 Å². The normalized spacial score (nSPS) is 9.83. The van der Waals surface area contributed by atoms with Crippen LogP contribution in [0.2, 0.25) is 5.02 Å². The van der Waals surface area contributed by atoms with E-state index in [-0.39, 0.29) is 10.6 Å². The number of pyridine rings is 1. The van der Waals surface area contributed by atoms with Gasteiger partial charge in [0, 0.05) is 13.2 Å². The highest BCUT2D eigenvalue weighted by molar-refractivity contribution is 6.30. The Hall–Kier alpha value is -1.29. The van der Waals surface area contributed by atoms with Crippen LogP contribution in [0.1, 0.15) is 10.4 Å². The molecule has 1 rings (SSSR count). The molecule has 0 aliphatic rings. The van der Waals surface area contributed by atoms with Gasteiger partial charge in [-0.3, -0.25) is 4.79 Å². The van der Waals surface area contributed by atoms with E-state index in [0.29, 0.717) is 0 Å². The summed E-state index contributed by atoms with van der Waals surface area (Å²) in [5.74, 6) is -1.10. The third-order valence-electron chi connectivity index (χ3n) is 1.39. The second-order valence-corrected chi connectivity index (χ2v) is 2.71. The molecule has 1 heterocycles. The molecule has 0 fully saturated rings. The van der Waals surface area contributed by atoms with Crippen LogP contribution in [0.5, 0.6) is 0 Å². The summed E-state index contributed by atoms with van der Waals surface area (Å²) in [5.41, 5.74) is -0.399. The molecule has 64 valence electrons. The molecule has 0 spiro atoms. The third-order valence-corrected chi connectivity index (χ3v) is 1.66. The van der Waals surface area contributed by atoms with Crippen LogP contribution in [-0.4, -0.2) is 15.6 Å². The number of aryl methyl sites for hydroxylation is 1. The molecule has 0 atom stereocenters. The van der Waals surface area contributed by atoms with Gasteiger partial charge in [0.1, 0.15) is 5.02 Å². The molecule has 0 unspecified atom stereocenters. The van der Waals surface area contributed by atoms with Crippen molar-refractivity contribution in [3.63, 3.8) is 0 Å². The van der Waals surface area contributed by atoms with Gasteiger partial charge in [0.05, 0.1) is 5.56 Å². The highest BCUT2D eigenvalue weighted by atomic mass is 35.5. The lowest BCUT2D eigenvalue weighted by atomic mass is 10.3. The summed E-state index contributed by atoms with van der Waals surface area (Å²) < 4.78 is 1.13. The summed E-state index contributed by atoms with van der Waals surface area (Å²) in [6.45, 7) is 0. The van der Waals surface area contributed by atoms with Gasteiger partial charge in [0.2, 0.25) is 0 Å². The molecular weight excluding hydrogens is 182 g/mol. The van der Waals surface area contributed by atoms with E-state index in [4.69, 9.17) is 16.7 Å². The molecule has 1 aromatic rings. The number of carboxylic acid groups (broad SMARTS) is 1. The first-order valence-electron chi connectivity index (χ1n) is 3.12. The van der Waals surface area contributed by atoms with Crippen molar-refractivity contribution in [1.29, 1.82) is 0 Å². The van der Waals surface area contributed by atoms with Crippen LogP contribution in [0.4, 0.5) is 0 Å². The van der Waals surface area contributed by atoms with E-state index in [1.165, 1.54) is 13.2 Å². The maximum Gasteiger partial charge on any atom is 0.337 e. The van der Waals surface area contributed by atoms with Gasteiger partial charge in [-0.15, -0.1) is 0 Å². The maximum atomic E-state index is 11.0. The zero-order valence-corrected chi connectivity index (χ0v) is 7.00. The monoisotopic (exact) mass is 187 g/mol. The average Bonchev–Trinajstić information content (AvgIpc) is 1.99. The van der Waals surface area contributed by atoms with Crippen molar-refractivity contribution in [2.75, 3.05) is 0 Å². The highest BCUT2D eigenvalue weighted by Gasteiger charge is 2.06. The standard InChI is InChI=1S/C7H6ClNO3/c1-9-3-4(7(11)12)2-5(8)6(9)10/h2-3H,1H3,(H,11,12). The Balaban J connectivity index is 3.41. The van der Waals surface area contributed by atoms with Crippen LogP contribution in [-0.2, 0) is 7.05 Å². The Morgan fingerprint density at radius 1 is 1.67 bits per heavy atom. The highest BCUT2D eigenvalue weighted by Crippen LogP contribution is 2.04. The lowest BCUT2D eigenvalue weighted by Crippen LogP contribution is -2.18. The molecule has 12 heavy (non-hydrogen) atoms. The van der Waals surface area contributed by atoms with Crippen molar-refractivity contribution < 1.29 is 9.90 Å². The van der Waals surface area contributed by atoms with Gasteiger partial charge in [-0.1, -0.05) is 11.6 Å². The quantitative estimate of drug-likeness (QED) is 0.706. The van der Waals surface area contributed by atoms with Crippen molar-refractivity contribution in [2.45, 2.75) is 0 Å². The number of rotatable bonds is 1. The van der Waals surface area contributed by atoms with E-state index in [1.807, 2.05) is 0 Å². The van der Waals surface area contributed by atoms with E-state index < -0.39 is 11.5 Å². The summed E-state index contributed by atoms with van der Waals surface area (Å²) in [7, 11) is 1.45. The van der Waals surface area contributed by atoms with Crippen LogP contribution in [0, 0.1) is 0 Å². The van der Waals surface area contributed by atoms with Crippen molar-refractivity contribution in [1.82, 2.24) is 4.57 Å². The van der Waals surface area contributed by atoms with Gasteiger partial charge in [0.15, 0.2) is 0 Å². The zero-order valence-electron chi connectivity index (χ0n) is 6.24.